The third-order valence-electron chi connectivity index (χ3n) is 6.65. The number of sulfonamides is 1. The molecule has 1 saturated heterocycles. The molecule has 1 saturated carbocycles. The highest BCUT2D eigenvalue weighted by Gasteiger charge is 2.24. The number of rotatable bonds is 6. The van der Waals surface area contributed by atoms with Crippen molar-refractivity contribution in [2.75, 3.05) is 37.4 Å². The molecule has 6 nitrogen and oxygen atoms in total. The van der Waals surface area contributed by atoms with E-state index in [4.69, 9.17) is 0 Å². The predicted molar refractivity (Wildman–Crippen MR) is 127 cm³/mol. The number of benzene rings is 2. The van der Waals surface area contributed by atoms with Crippen LogP contribution in [-0.2, 0) is 10.0 Å². The number of carbonyl (C=O) groups is 1. The van der Waals surface area contributed by atoms with E-state index >= 15 is 0 Å². The summed E-state index contributed by atoms with van der Waals surface area (Å²) in [4.78, 5) is 17.4. The Kier molecular flexibility index (Phi) is 7.65. The van der Waals surface area contributed by atoms with Crippen LogP contribution in [0, 0.1) is 11.7 Å². The second-order valence-corrected chi connectivity index (χ2v) is 10.7. The summed E-state index contributed by atoms with van der Waals surface area (Å²) in [5.41, 5.74) is 0.348. The molecule has 2 aromatic rings. The number of amides is 1. The van der Waals surface area contributed by atoms with Crippen LogP contribution in [0.25, 0.3) is 0 Å². The molecule has 0 spiro atoms. The largest absolute Gasteiger partial charge is 0.337 e. The van der Waals surface area contributed by atoms with Crippen molar-refractivity contribution in [3.05, 3.63) is 59.9 Å². The summed E-state index contributed by atoms with van der Waals surface area (Å²) in [7, 11) is -3.95. The fourth-order valence-corrected chi connectivity index (χ4v) is 5.87. The van der Waals surface area contributed by atoms with Crippen molar-refractivity contribution in [2.24, 2.45) is 5.92 Å². The predicted octanol–water partition coefficient (Wildman–Crippen LogP) is 4.35. The molecule has 178 valence electrons. The monoisotopic (exact) mass is 473 g/mol. The summed E-state index contributed by atoms with van der Waals surface area (Å²) in [6.07, 6.45) is 7.62. The lowest BCUT2D eigenvalue weighted by atomic mass is 9.89. The molecule has 0 aromatic heterocycles. The summed E-state index contributed by atoms with van der Waals surface area (Å²) in [5.74, 6) is 0.0561. The summed E-state index contributed by atoms with van der Waals surface area (Å²) < 4.78 is 41.3. The Morgan fingerprint density at radius 2 is 1.64 bits per heavy atom. The van der Waals surface area contributed by atoms with Gasteiger partial charge in [-0.05, 0) is 68.1 Å². The lowest BCUT2D eigenvalue weighted by molar-refractivity contribution is 0.0760. The summed E-state index contributed by atoms with van der Waals surface area (Å²) >= 11 is 0. The summed E-state index contributed by atoms with van der Waals surface area (Å²) in [5, 5.41) is 0. The average Bonchev–Trinajstić information content (AvgIpc) is 3.06. The Labute approximate surface area is 195 Å². The van der Waals surface area contributed by atoms with Gasteiger partial charge in [-0.15, -0.1) is 0 Å². The average molecular weight is 474 g/mol. The molecular formula is C25H32FN3O3S. The lowest BCUT2D eigenvalue weighted by Crippen LogP contribution is -2.36. The van der Waals surface area contributed by atoms with Crippen molar-refractivity contribution in [3.8, 4) is 0 Å². The van der Waals surface area contributed by atoms with Crippen molar-refractivity contribution in [1.82, 2.24) is 9.80 Å². The van der Waals surface area contributed by atoms with Gasteiger partial charge in [-0.2, -0.15) is 0 Å². The molecule has 0 bridgehead atoms. The second kappa shape index (κ2) is 10.7. The number of anilines is 1. The Balaban J connectivity index is 1.36. The number of para-hydroxylation sites is 1. The lowest BCUT2D eigenvalue weighted by Gasteiger charge is -2.28. The number of hydrogen-bond acceptors (Lipinski definition) is 4. The van der Waals surface area contributed by atoms with Crippen LogP contribution in [0.5, 0.6) is 0 Å². The van der Waals surface area contributed by atoms with Gasteiger partial charge in [0.25, 0.3) is 15.9 Å². The third kappa shape index (κ3) is 6.12. The minimum Gasteiger partial charge on any atom is -0.337 e. The number of hydrogen-bond donors (Lipinski definition) is 1. The second-order valence-electron chi connectivity index (χ2n) is 9.06. The molecule has 4 rings (SSSR count). The van der Waals surface area contributed by atoms with E-state index in [0.717, 1.165) is 32.0 Å². The maximum absolute atomic E-state index is 13.8. The topological polar surface area (TPSA) is 69.7 Å². The summed E-state index contributed by atoms with van der Waals surface area (Å²) in [6, 6.07) is 11.4. The Hall–Kier alpha value is -2.45. The molecule has 2 aromatic carbocycles. The highest BCUT2D eigenvalue weighted by Crippen LogP contribution is 2.25. The van der Waals surface area contributed by atoms with Gasteiger partial charge in [-0.25, -0.2) is 12.8 Å². The van der Waals surface area contributed by atoms with Gasteiger partial charge in [0.05, 0.1) is 10.6 Å². The van der Waals surface area contributed by atoms with E-state index < -0.39 is 15.8 Å². The Bertz CT molecular complexity index is 1050. The van der Waals surface area contributed by atoms with Crippen LogP contribution in [-0.4, -0.2) is 56.8 Å². The van der Waals surface area contributed by atoms with Gasteiger partial charge in [0.15, 0.2) is 0 Å². The molecule has 1 heterocycles. The van der Waals surface area contributed by atoms with Crippen molar-refractivity contribution >= 4 is 21.6 Å². The molecule has 8 heteroatoms. The van der Waals surface area contributed by atoms with E-state index in [0.29, 0.717) is 18.7 Å². The third-order valence-corrected chi connectivity index (χ3v) is 8.03. The molecule has 0 radical (unpaired) electrons. The van der Waals surface area contributed by atoms with Crippen LogP contribution in [0.15, 0.2) is 53.4 Å². The quantitative estimate of drug-likeness (QED) is 0.677. The Morgan fingerprint density at radius 1 is 0.909 bits per heavy atom. The first-order valence-electron chi connectivity index (χ1n) is 11.8. The zero-order valence-electron chi connectivity index (χ0n) is 18.9. The Morgan fingerprint density at radius 3 is 2.36 bits per heavy atom. The van der Waals surface area contributed by atoms with Crippen LogP contribution in [0.3, 0.4) is 0 Å². The van der Waals surface area contributed by atoms with Crippen LogP contribution >= 0.6 is 0 Å². The van der Waals surface area contributed by atoms with Crippen molar-refractivity contribution < 1.29 is 17.6 Å². The maximum atomic E-state index is 13.8. The molecule has 0 unspecified atom stereocenters. The smallest absolute Gasteiger partial charge is 0.261 e. The first-order chi connectivity index (χ1) is 15.9. The molecule has 1 aliphatic heterocycles. The van der Waals surface area contributed by atoms with E-state index in [-0.39, 0.29) is 16.5 Å². The van der Waals surface area contributed by atoms with Crippen molar-refractivity contribution in [3.63, 3.8) is 0 Å². The standard InChI is InChI=1S/C25H32FN3O3S/c26-23-9-4-5-10-24(23)27-33(31,32)22-13-11-21(12-14-22)25(30)29-16-6-15-28(17-18-29)19-20-7-2-1-3-8-20/h4-5,9-14,20,27H,1-3,6-8,15-19H2. The van der Waals surface area contributed by atoms with E-state index in [2.05, 4.69) is 9.62 Å². The van der Waals surface area contributed by atoms with Crippen LogP contribution in [0.4, 0.5) is 10.1 Å². The molecule has 1 N–H and O–H groups in total. The number of nitrogens with zero attached hydrogens (tertiary/aromatic N) is 2. The number of nitrogens with one attached hydrogen (secondary N) is 1. The summed E-state index contributed by atoms with van der Waals surface area (Å²) in [6.45, 7) is 4.40. The fraction of sp³-hybridized carbons (Fsp3) is 0.480. The fourth-order valence-electron chi connectivity index (χ4n) is 4.80. The zero-order valence-corrected chi connectivity index (χ0v) is 19.7. The molecule has 1 amide bonds. The molecule has 1 aliphatic carbocycles. The zero-order chi connectivity index (χ0) is 23.3. The van der Waals surface area contributed by atoms with E-state index in [1.165, 1.54) is 74.6 Å². The number of carbonyl (C=O) groups excluding carboxylic acids is 1. The first kappa shape index (κ1) is 23.7. The van der Waals surface area contributed by atoms with Crippen LogP contribution in [0.2, 0.25) is 0 Å². The highest BCUT2D eigenvalue weighted by atomic mass is 32.2. The van der Waals surface area contributed by atoms with Gasteiger partial charge in [0.1, 0.15) is 5.82 Å². The van der Waals surface area contributed by atoms with Gasteiger partial charge in [-0.1, -0.05) is 31.4 Å². The van der Waals surface area contributed by atoms with E-state index in [1.807, 2.05) is 4.90 Å². The molecular weight excluding hydrogens is 441 g/mol. The van der Waals surface area contributed by atoms with Gasteiger partial charge in [0.2, 0.25) is 0 Å². The van der Waals surface area contributed by atoms with Crippen LogP contribution in [0.1, 0.15) is 48.9 Å². The minimum atomic E-state index is -3.95. The van der Waals surface area contributed by atoms with Gasteiger partial charge < -0.3 is 9.80 Å². The van der Waals surface area contributed by atoms with Crippen LogP contribution < -0.4 is 4.72 Å². The normalized spacial score (nSPS) is 18.6. The van der Waals surface area contributed by atoms with Crippen molar-refractivity contribution in [2.45, 2.75) is 43.4 Å². The van der Waals surface area contributed by atoms with E-state index in [1.54, 1.807) is 6.07 Å². The SMILES string of the molecule is O=C(c1ccc(S(=O)(=O)Nc2ccccc2F)cc1)N1CCCN(CC2CCCCC2)CC1. The maximum Gasteiger partial charge on any atom is 0.261 e. The van der Waals surface area contributed by atoms with Gasteiger partial charge in [-0.3, -0.25) is 9.52 Å². The van der Waals surface area contributed by atoms with E-state index in [9.17, 15) is 17.6 Å². The molecule has 2 fully saturated rings. The molecule has 2 aliphatic rings. The van der Waals surface area contributed by atoms with Crippen molar-refractivity contribution in [1.29, 1.82) is 0 Å². The molecule has 33 heavy (non-hydrogen) atoms. The first-order valence-corrected chi connectivity index (χ1v) is 13.3. The highest BCUT2D eigenvalue weighted by molar-refractivity contribution is 7.92. The van der Waals surface area contributed by atoms with Gasteiger partial charge in [0, 0.05) is 31.7 Å². The van der Waals surface area contributed by atoms with Gasteiger partial charge >= 0.3 is 0 Å². The number of halogens is 1. The minimum absolute atomic E-state index is 0.0168. The molecule has 0 atom stereocenters.